The number of benzene rings is 2. The number of Topliss-reactive ketones (excluding diaryl/α,β-unsaturated/α-hetero) is 1. The van der Waals surface area contributed by atoms with E-state index in [2.05, 4.69) is 0 Å². The van der Waals surface area contributed by atoms with Crippen molar-refractivity contribution in [1.82, 2.24) is 9.13 Å². The maximum Gasteiger partial charge on any atom is 0.331 e. The van der Waals surface area contributed by atoms with E-state index in [-0.39, 0.29) is 17.0 Å². The summed E-state index contributed by atoms with van der Waals surface area (Å²) in [5.41, 5.74) is 1.34. The molecule has 6 heteroatoms. The van der Waals surface area contributed by atoms with E-state index in [1.165, 1.54) is 4.57 Å². The molecule has 0 radical (unpaired) electrons. The third-order valence-corrected chi connectivity index (χ3v) is 5.03. The normalized spacial score (nSPS) is 13.8. The van der Waals surface area contributed by atoms with Gasteiger partial charge in [0, 0.05) is 12.1 Å². The first kappa shape index (κ1) is 17.4. The molecule has 0 bridgehead atoms. The number of aromatic nitrogens is 2. The Morgan fingerprint density at radius 1 is 1.00 bits per heavy atom. The highest BCUT2D eigenvalue weighted by molar-refractivity contribution is 5.96. The van der Waals surface area contributed by atoms with Gasteiger partial charge in [0.2, 0.25) is 0 Å². The maximum atomic E-state index is 13.0. The fourth-order valence-corrected chi connectivity index (χ4v) is 3.31. The molecule has 1 aliphatic rings. The average Bonchev–Trinajstić information content (AvgIpc) is 3.52. The van der Waals surface area contributed by atoms with Crippen LogP contribution in [0.15, 0.2) is 58.1 Å². The van der Waals surface area contributed by atoms with Crippen LogP contribution in [0.5, 0.6) is 0 Å². The lowest BCUT2D eigenvalue weighted by molar-refractivity contribution is 0.0903. The van der Waals surface area contributed by atoms with Crippen molar-refractivity contribution in [3.63, 3.8) is 0 Å². The first-order valence-electron chi connectivity index (χ1n) is 9.04. The molecule has 1 saturated carbocycles. The van der Waals surface area contributed by atoms with E-state index in [4.69, 9.17) is 5.11 Å². The van der Waals surface area contributed by atoms with Gasteiger partial charge in [-0.05, 0) is 36.5 Å². The third kappa shape index (κ3) is 3.36. The van der Waals surface area contributed by atoms with Gasteiger partial charge in [-0.15, -0.1) is 0 Å². The third-order valence-electron chi connectivity index (χ3n) is 5.03. The molecule has 0 amide bonds. The number of para-hydroxylation sites is 1. The first-order chi connectivity index (χ1) is 13.1. The lowest BCUT2D eigenvalue weighted by Gasteiger charge is -2.14. The molecule has 0 spiro atoms. The topological polar surface area (TPSA) is 81.3 Å². The van der Waals surface area contributed by atoms with Crippen molar-refractivity contribution in [2.24, 2.45) is 5.92 Å². The number of fused-ring (bicyclic) bond motifs is 1. The van der Waals surface area contributed by atoms with Crippen LogP contribution >= 0.6 is 0 Å². The van der Waals surface area contributed by atoms with Crippen molar-refractivity contribution >= 4 is 16.7 Å². The molecule has 3 aromatic rings. The van der Waals surface area contributed by atoms with Crippen LogP contribution in [-0.4, -0.2) is 26.6 Å². The second kappa shape index (κ2) is 6.96. The second-order valence-corrected chi connectivity index (χ2v) is 7.02. The molecule has 1 aromatic heterocycles. The van der Waals surface area contributed by atoms with Crippen molar-refractivity contribution < 1.29 is 9.90 Å². The summed E-state index contributed by atoms with van der Waals surface area (Å²) in [7, 11) is 0. The van der Waals surface area contributed by atoms with Gasteiger partial charge in [0.15, 0.2) is 5.78 Å². The lowest BCUT2D eigenvalue weighted by Crippen LogP contribution is -2.40. The number of hydrogen-bond acceptors (Lipinski definition) is 4. The minimum atomic E-state index is -0.532. The van der Waals surface area contributed by atoms with Crippen LogP contribution < -0.4 is 11.2 Å². The van der Waals surface area contributed by atoms with Gasteiger partial charge in [0.25, 0.3) is 5.56 Å². The van der Waals surface area contributed by atoms with Gasteiger partial charge in [-0.2, -0.15) is 0 Å². The van der Waals surface area contributed by atoms with E-state index in [0.717, 1.165) is 18.4 Å². The molecule has 138 valence electrons. The zero-order valence-corrected chi connectivity index (χ0v) is 14.8. The zero-order chi connectivity index (χ0) is 19.0. The summed E-state index contributed by atoms with van der Waals surface area (Å²) in [4.78, 5) is 37.3. The van der Waals surface area contributed by atoms with Gasteiger partial charge in [0.1, 0.15) is 6.61 Å². The first-order valence-corrected chi connectivity index (χ1v) is 9.04. The number of rotatable bonds is 6. The largest absolute Gasteiger partial charge is 0.388 e. The highest BCUT2D eigenvalue weighted by Gasteiger charge is 2.24. The molecule has 0 saturated heterocycles. The lowest BCUT2D eigenvalue weighted by atomic mass is 10.1. The molecule has 0 aliphatic heterocycles. The number of carbonyl (C=O) groups is 1. The predicted molar refractivity (Wildman–Crippen MR) is 102 cm³/mol. The molecule has 4 rings (SSSR count). The molecule has 1 aliphatic carbocycles. The van der Waals surface area contributed by atoms with Crippen LogP contribution in [0.3, 0.4) is 0 Å². The Kier molecular flexibility index (Phi) is 4.49. The summed E-state index contributed by atoms with van der Waals surface area (Å²) in [6.45, 7) is 0.236. The number of nitrogens with zero attached hydrogens (tertiary/aromatic N) is 2. The maximum absolute atomic E-state index is 13.0. The van der Waals surface area contributed by atoms with Crippen molar-refractivity contribution in [3.8, 4) is 0 Å². The monoisotopic (exact) mass is 364 g/mol. The van der Waals surface area contributed by atoms with Crippen LogP contribution in [0.2, 0.25) is 0 Å². The summed E-state index contributed by atoms with van der Waals surface area (Å²) >= 11 is 0. The number of carbonyl (C=O) groups excluding carboxylic acids is 1. The van der Waals surface area contributed by atoms with Crippen LogP contribution in [0, 0.1) is 5.92 Å². The van der Waals surface area contributed by atoms with Crippen molar-refractivity contribution in [3.05, 3.63) is 80.5 Å². The van der Waals surface area contributed by atoms with Gasteiger partial charge >= 0.3 is 5.69 Å². The molecule has 2 aromatic carbocycles. The zero-order valence-electron chi connectivity index (χ0n) is 14.8. The van der Waals surface area contributed by atoms with Crippen molar-refractivity contribution in [2.75, 3.05) is 6.61 Å². The Labute approximate surface area is 155 Å². The SMILES string of the molecule is O=C(CO)c1ccc(Cn2c(=O)n(CC3CC3)c(=O)c3ccccc32)cc1. The summed E-state index contributed by atoms with van der Waals surface area (Å²) in [6.07, 6.45) is 2.11. The van der Waals surface area contributed by atoms with Gasteiger partial charge in [-0.1, -0.05) is 36.4 Å². The summed E-state index contributed by atoms with van der Waals surface area (Å²) in [6, 6.07) is 14.0. The minimum absolute atomic E-state index is 0.234. The highest BCUT2D eigenvalue weighted by Crippen LogP contribution is 2.29. The fraction of sp³-hybridized carbons (Fsp3) is 0.286. The van der Waals surface area contributed by atoms with E-state index in [1.54, 1.807) is 47.0 Å². The quantitative estimate of drug-likeness (QED) is 0.676. The van der Waals surface area contributed by atoms with Gasteiger partial charge in [-0.3, -0.25) is 18.7 Å². The summed E-state index contributed by atoms with van der Waals surface area (Å²) in [5, 5.41) is 9.49. The number of aliphatic hydroxyl groups is 1. The van der Waals surface area contributed by atoms with Crippen molar-refractivity contribution in [1.29, 1.82) is 0 Å². The molecule has 0 atom stereocenters. The number of ketones is 1. The Balaban J connectivity index is 1.79. The minimum Gasteiger partial charge on any atom is -0.388 e. The van der Waals surface area contributed by atoms with Crippen LogP contribution in [0.1, 0.15) is 28.8 Å². The van der Waals surface area contributed by atoms with Gasteiger partial charge < -0.3 is 5.11 Å². The summed E-state index contributed by atoms with van der Waals surface area (Å²) < 4.78 is 2.96. The van der Waals surface area contributed by atoms with Crippen LogP contribution in [0.25, 0.3) is 10.9 Å². The van der Waals surface area contributed by atoms with E-state index >= 15 is 0 Å². The fourth-order valence-electron chi connectivity index (χ4n) is 3.31. The Morgan fingerprint density at radius 2 is 1.70 bits per heavy atom. The van der Waals surface area contributed by atoms with E-state index in [0.29, 0.717) is 35.5 Å². The van der Waals surface area contributed by atoms with Gasteiger partial charge in [-0.25, -0.2) is 4.79 Å². The number of aliphatic hydroxyl groups excluding tert-OH is 1. The molecule has 27 heavy (non-hydrogen) atoms. The Hall–Kier alpha value is -2.99. The molecule has 0 unspecified atom stereocenters. The van der Waals surface area contributed by atoms with E-state index in [1.807, 2.05) is 6.07 Å². The smallest absolute Gasteiger partial charge is 0.331 e. The van der Waals surface area contributed by atoms with E-state index < -0.39 is 6.61 Å². The Bertz CT molecular complexity index is 1120. The molecular formula is C21H20N2O4. The molecule has 1 heterocycles. The van der Waals surface area contributed by atoms with Crippen LogP contribution in [-0.2, 0) is 13.1 Å². The second-order valence-electron chi connectivity index (χ2n) is 7.02. The van der Waals surface area contributed by atoms with Gasteiger partial charge in [0.05, 0.1) is 17.4 Å². The molecule has 1 N–H and O–H groups in total. The highest BCUT2D eigenvalue weighted by atomic mass is 16.3. The number of hydrogen-bond donors (Lipinski definition) is 1. The molecule has 1 fully saturated rings. The molecule has 6 nitrogen and oxygen atoms in total. The Morgan fingerprint density at radius 3 is 2.37 bits per heavy atom. The average molecular weight is 364 g/mol. The van der Waals surface area contributed by atoms with Crippen LogP contribution in [0.4, 0.5) is 0 Å². The summed E-state index contributed by atoms with van der Waals surface area (Å²) in [5.74, 6) is 0.0657. The molecular weight excluding hydrogens is 344 g/mol. The predicted octanol–water partition coefficient (Wildman–Crippen LogP) is 1.80. The van der Waals surface area contributed by atoms with Crippen molar-refractivity contribution in [2.45, 2.75) is 25.9 Å². The van der Waals surface area contributed by atoms with E-state index in [9.17, 15) is 14.4 Å². The standard InChI is InChI=1S/C21H20N2O4/c24-13-19(25)16-9-7-15(8-10-16)11-22-18-4-2-1-3-17(18)20(26)23(21(22)27)12-14-5-6-14/h1-4,7-10,14,24H,5-6,11-13H2.